The van der Waals surface area contributed by atoms with Crippen LogP contribution >= 0.6 is 15.9 Å². The van der Waals surface area contributed by atoms with Crippen molar-refractivity contribution in [1.82, 2.24) is 4.90 Å². The Kier molecular flexibility index (Phi) is 4.00. The summed E-state index contributed by atoms with van der Waals surface area (Å²) in [5, 5.41) is 0. The summed E-state index contributed by atoms with van der Waals surface area (Å²) in [6.45, 7) is 5.45. The van der Waals surface area contributed by atoms with Crippen molar-refractivity contribution in [1.29, 1.82) is 0 Å². The van der Waals surface area contributed by atoms with Crippen LogP contribution in [-0.4, -0.2) is 24.0 Å². The fraction of sp³-hybridized carbons (Fsp3) is 0.538. The van der Waals surface area contributed by atoms with Crippen molar-refractivity contribution in [3.8, 4) is 0 Å². The van der Waals surface area contributed by atoms with E-state index in [9.17, 15) is 0 Å². The zero-order valence-corrected chi connectivity index (χ0v) is 11.3. The summed E-state index contributed by atoms with van der Waals surface area (Å²) >= 11 is 3.55. The molecule has 2 N–H and O–H groups in total. The molecule has 0 saturated carbocycles. The van der Waals surface area contributed by atoms with Crippen molar-refractivity contribution in [2.45, 2.75) is 32.4 Å². The lowest BCUT2D eigenvalue weighted by Crippen LogP contribution is -2.39. The van der Waals surface area contributed by atoms with Gasteiger partial charge in [-0.15, -0.1) is 0 Å². The average Bonchev–Trinajstić information content (AvgIpc) is 2.20. The maximum absolute atomic E-state index is 5.90. The molecule has 1 aromatic carbocycles. The molecule has 0 aliphatic carbocycles. The molecule has 3 heteroatoms. The molecule has 88 valence electrons. The SMILES string of the molecule is Cc1cc(Br)cc(CN2CCC(N)CC2)c1. The Balaban J connectivity index is 1.98. The lowest BCUT2D eigenvalue weighted by molar-refractivity contribution is 0.205. The van der Waals surface area contributed by atoms with Crippen LogP contribution in [0, 0.1) is 6.92 Å². The predicted octanol–water partition coefficient (Wildman–Crippen LogP) is 2.68. The minimum Gasteiger partial charge on any atom is -0.328 e. The van der Waals surface area contributed by atoms with Crippen LogP contribution in [0.2, 0.25) is 0 Å². The molecule has 0 unspecified atom stereocenters. The lowest BCUT2D eigenvalue weighted by atomic mass is 10.0. The quantitative estimate of drug-likeness (QED) is 0.904. The van der Waals surface area contributed by atoms with Crippen LogP contribution in [0.5, 0.6) is 0 Å². The molecular formula is C13H19BrN2. The van der Waals surface area contributed by atoms with Gasteiger partial charge in [0, 0.05) is 17.1 Å². The largest absolute Gasteiger partial charge is 0.328 e. The maximum atomic E-state index is 5.90. The van der Waals surface area contributed by atoms with Crippen LogP contribution in [-0.2, 0) is 6.54 Å². The first-order chi connectivity index (χ1) is 7.63. The van der Waals surface area contributed by atoms with Crippen LogP contribution < -0.4 is 5.73 Å². The summed E-state index contributed by atoms with van der Waals surface area (Å²) < 4.78 is 1.18. The summed E-state index contributed by atoms with van der Waals surface area (Å²) in [5.74, 6) is 0. The number of hydrogen-bond acceptors (Lipinski definition) is 2. The Hall–Kier alpha value is -0.380. The van der Waals surface area contributed by atoms with Gasteiger partial charge in [-0.2, -0.15) is 0 Å². The van der Waals surface area contributed by atoms with Crippen LogP contribution in [0.25, 0.3) is 0 Å². The Labute approximate surface area is 106 Å². The summed E-state index contributed by atoms with van der Waals surface area (Å²) in [6, 6.07) is 7.04. The number of likely N-dealkylation sites (tertiary alicyclic amines) is 1. The molecule has 1 fully saturated rings. The molecule has 1 aliphatic heterocycles. The van der Waals surface area contributed by atoms with Crippen molar-refractivity contribution in [2.24, 2.45) is 5.73 Å². The minimum atomic E-state index is 0.417. The van der Waals surface area contributed by atoms with E-state index in [2.05, 4.69) is 46.0 Å². The van der Waals surface area contributed by atoms with Crippen LogP contribution in [0.3, 0.4) is 0 Å². The van der Waals surface area contributed by atoms with Gasteiger partial charge in [0.05, 0.1) is 0 Å². The third-order valence-corrected chi connectivity index (χ3v) is 3.60. The fourth-order valence-corrected chi connectivity index (χ4v) is 2.93. The zero-order chi connectivity index (χ0) is 11.5. The highest BCUT2D eigenvalue weighted by Gasteiger charge is 2.15. The normalized spacial score (nSPS) is 18.9. The van der Waals surface area contributed by atoms with Gasteiger partial charge >= 0.3 is 0 Å². The van der Waals surface area contributed by atoms with Crippen molar-refractivity contribution < 1.29 is 0 Å². The number of nitrogens with two attached hydrogens (primary N) is 1. The van der Waals surface area contributed by atoms with E-state index in [1.807, 2.05) is 0 Å². The monoisotopic (exact) mass is 282 g/mol. The standard InChI is InChI=1S/C13H19BrN2/c1-10-6-11(8-12(14)7-10)9-16-4-2-13(15)3-5-16/h6-8,13H,2-5,9,15H2,1H3. The molecule has 0 atom stereocenters. The first kappa shape index (κ1) is 12.1. The van der Waals surface area contributed by atoms with Crippen molar-refractivity contribution in [3.05, 3.63) is 33.8 Å². The number of hydrogen-bond donors (Lipinski definition) is 1. The van der Waals surface area contributed by atoms with Gasteiger partial charge in [-0.1, -0.05) is 22.0 Å². The number of halogens is 1. The molecule has 1 aromatic rings. The number of benzene rings is 1. The second-order valence-electron chi connectivity index (χ2n) is 4.75. The van der Waals surface area contributed by atoms with E-state index >= 15 is 0 Å². The van der Waals surface area contributed by atoms with Gasteiger partial charge in [0.15, 0.2) is 0 Å². The van der Waals surface area contributed by atoms with Gasteiger partial charge in [0.2, 0.25) is 0 Å². The predicted molar refractivity (Wildman–Crippen MR) is 71.4 cm³/mol. The van der Waals surface area contributed by atoms with Crippen molar-refractivity contribution >= 4 is 15.9 Å². The molecule has 1 heterocycles. The van der Waals surface area contributed by atoms with Crippen LogP contribution in [0.4, 0.5) is 0 Å². The molecule has 2 nitrogen and oxygen atoms in total. The van der Waals surface area contributed by atoms with E-state index in [0.29, 0.717) is 6.04 Å². The third-order valence-electron chi connectivity index (χ3n) is 3.14. The minimum absolute atomic E-state index is 0.417. The highest BCUT2D eigenvalue weighted by atomic mass is 79.9. The van der Waals surface area contributed by atoms with E-state index in [1.54, 1.807) is 0 Å². The van der Waals surface area contributed by atoms with Crippen molar-refractivity contribution in [3.63, 3.8) is 0 Å². The van der Waals surface area contributed by atoms with Gasteiger partial charge in [-0.3, -0.25) is 4.90 Å². The molecule has 1 saturated heterocycles. The smallest absolute Gasteiger partial charge is 0.0234 e. The molecule has 0 radical (unpaired) electrons. The molecule has 0 bridgehead atoms. The van der Waals surface area contributed by atoms with Gasteiger partial charge in [0.1, 0.15) is 0 Å². The van der Waals surface area contributed by atoms with Crippen LogP contribution in [0.1, 0.15) is 24.0 Å². The van der Waals surface area contributed by atoms with Gasteiger partial charge < -0.3 is 5.73 Å². The second-order valence-corrected chi connectivity index (χ2v) is 5.67. The van der Waals surface area contributed by atoms with E-state index in [-0.39, 0.29) is 0 Å². The van der Waals surface area contributed by atoms with E-state index < -0.39 is 0 Å². The average molecular weight is 283 g/mol. The van der Waals surface area contributed by atoms with E-state index in [4.69, 9.17) is 5.73 Å². The molecule has 16 heavy (non-hydrogen) atoms. The van der Waals surface area contributed by atoms with Gasteiger partial charge in [-0.05, 0) is 56.1 Å². The fourth-order valence-electron chi connectivity index (χ4n) is 2.27. The Morgan fingerprint density at radius 1 is 1.31 bits per heavy atom. The summed E-state index contributed by atoms with van der Waals surface area (Å²) in [6.07, 6.45) is 2.26. The van der Waals surface area contributed by atoms with Crippen molar-refractivity contribution in [2.75, 3.05) is 13.1 Å². The molecule has 0 amide bonds. The maximum Gasteiger partial charge on any atom is 0.0234 e. The number of aryl methyl sites for hydroxylation is 1. The number of piperidine rings is 1. The second kappa shape index (κ2) is 5.30. The zero-order valence-electron chi connectivity index (χ0n) is 9.75. The molecule has 2 rings (SSSR count). The molecule has 1 aliphatic rings. The summed E-state index contributed by atoms with van der Waals surface area (Å²) in [7, 11) is 0. The van der Waals surface area contributed by atoms with E-state index in [0.717, 1.165) is 32.5 Å². The topological polar surface area (TPSA) is 29.3 Å². The molecule has 0 aromatic heterocycles. The summed E-state index contributed by atoms with van der Waals surface area (Å²) in [5.41, 5.74) is 8.61. The molecule has 0 spiro atoms. The molecular weight excluding hydrogens is 264 g/mol. The highest BCUT2D eigenvalue weighted by molar-refractivity contribution is 9.10. The number of nitrogens with zero attached hydrogens (tertiary/aromatic N) is 1. The van der Waals surface area contributed by atoms with Gasteiger partial charge in [-0.25, -0.2) is 0 Å². The summed E-state index contributed by atoms with van der Waals surface area (Å²) in [4.78, 5) is 2.49. The van der Waals surface area contributed by atoms with Gasteiger partial charge in [0.25, 0.3) is 0 Å². The Morgan fingerprint density at radius 2 is 2.00 bits per heavy atom. The first-order valence-electron chi connectivity index (χ1n) is 5.87. The Morgan fingerprint density at radius 3 is 2.62 bits per heavy atom. The lowest BCUT2D eigenvalue weighted by Gasteiger charge is -2.30. The van der Waals surface area contributed by atoms with Crippen LogP contribution in [0.15, 0.2) is 22.7 Å². The highest BCUT2D eigenvalue weighted by Crippen LogP contribution is 2.18. The van der Waals surface area contributed by atoms with E-state index in [1.165, 1.54) is 15.6 Å². The Bertz CT molecular complexity index is 337. The third kappa shape index (κ3) is 3.30. The first-order valence-corrected chi connectivity index (χ1v) is 6.67. The number of rotatable bonds is 2.